The van der Waals surface area contributed by atoms with Gasteiger partial charge in [-0.15, -0.1) is 10.2 Å². The summed E-state index contributed by atoms with van der Waals surface area (Å²) in [7, 11) is 3.39. The molecule has 0 bridgehead atoms. The van der Waals surface area contributed by atoms with Crippen molar-refractivity contribution in [3.8, 4) is 17.1 Å². The third kappa shape index (κ3) is 4.96. The maximum Gasteiger partial charge on any atom is 0.234 e. The van der Waals surface area contributed by atoms with Crippen LogP contribution in [-0.4, -0.2) is 39.3 Å². The highest BCUT2D eigenvalue weighted by molar-refractivity contribution is 7.99. The lowest BCUT2D eigenvalue weighted by atomic mass is 10.1. The van der Waals surface area contributed by atoms with Crippen LogP contribution in [0, 0.1) is 0 Å². The minimum absolute atomic E-state index is 0.0205. The molecule has 0 aliphatic rings. The normalized spacial score (nSPS) is 10.6. The molecule has 0 aliphatic carbocycles. The van der Waals surface area contributed by atoms with Crippen molar-refractivity contribution in [2.45, 2.75) is 12.1 Å². The van der Waals surface area contributed by atoms with Gasteiger partial charge in [-0.2, -0.15) is 0 Å². The van der Waals surface area contributed by atoms with E-state index in [0.717, 1.165) is 5.56 Å². The fourth-order valence-electron chi connectivity index (χ4n) is 2.65. The molecule has 0 fully saturated rings. The van der Waals surface area contributed by atoms with Crippen LogP contribution in [0.15, 0.2) is 47.6 Å². The largest absolute Gasteiger partial charge is 0.496 e. The molecule has 3 rings (SSSR count). The van der Waals surface area contributed by atoms with E-state index in [0.29, 0.717) is 33.0 Å². The number of nitrogens with one attached hydrogen (secondary N) is 1. The van der Waals surface area contributed by atoms with E-state index >= 15 is 0 Å². The lowest BCUT2D eigenvalue weighted by molar-refractivity contribution is -0.113. The molecular weight excluding hydrogens is 412 g/mol. The van der Waals surface area contributed by atoms with Crippen LogP contribution >= 0.6 is 23.4 Å². The fourth-order valence-corrected chi connectivity index (χ4v) is 3.53. The zero-order valence-electron chi connectivity index (χ0n) is 16.1. The summed E-state index contributed by atoms with van der Waals surface area (Å²) >= 11 is 7.36. The average molecular weight is 431 g/mol. The van der Waals surface area contributed by atoms with Crippen LogP contribution in [0.3, 0.4) is 0 Å². The Morgan fingerprint density at radius 3 is 2.55 bits per heavy atom. The average Bonchev–Trinajstić information content (AvgIpc) is 3.07. The zero-order valence-corrected chi connectivity index (χ0v) is 17.7. The van der Waals surface area contributed by atoms with Crippen LogP contribution in [0.5, 0.6) is 5.75 Å². The second-order valence-electron chi connectivity index (χ2n) is 6.18. The maximum atomic E-state index is 12.2. The van der Waals surface area contributed by atoms with Gasteiger partial charge in [0.2, 0.25) is 5.91 Å². The monoisotopic (exact) mass is 430 g/mol. The zero-order chi connectivity index (χ0) is 21.0. The first-order chi connectivity index (χ1) is 13.9. The van der Waals surface area contributed by atoms with Crippen LogP contribution < -0.4 is 10.1 Å². The molecule has 1 N–H and O–H groups in total. The van der Waals surface area contributed by atoms with E-state index in [4.69, 9.17) is 16.3 Å². The summed E-state index contributed by atoms with van der Waals surface area (Å²) in [4.78, 5) is 23.6. The second-order valence-corrected chi connectivity index (χ2v) is 7.56. The molecule has 1 heterocycles. The molecule has 1 amide bonds. The lowest BCUT2D eigenvalue weighted by Gasteiger charge is -2.09. The molecule has 0 saturated carbocycles. The van der Waals surface area contributed by atoms with Crippen molar-refractivity contribution in [1.82, 2.24) is 14.8 Å². The Bertz CT molecular complexity index is 1050. The molecule has 1 aromatic heterocycles. The van der Waals surface area contributed by atoms with Crippen LogP contribution in [0.25, 0.3) is 11.4 Å². The number of anilines is 1. The van der Waals surface area contributed by atoms with Gasteiger partial charge in [0, 0.05) is 23.3 Å². The SMILES string of the molecule is COc1ccc(Cl)cc1-c1nnc(SCC(=O)Nc2ccc(C(C)=O)cc2)n1C. The van der Waals surface area contributed by atoms with Crippen molar-refractivity contribution >= 4 is 40.7 Å². The van der Waals surface area contributed by atoms with Gasteiger partial charge in [-0.3, -0.25) is 9.59 Å². The number of hydrogen-bond donors (Lipinski definition) is 1. The van der Waals surface area contributed by atoms with E-state index in [2.05, 4.69) is 15.5 Å². The van der Waals surface area contributed by atoms with E-state index in [1.165, 1.54) is 18.7 Å². The van der Waals surface area contributed by atoms with Crippen molar-refractivity contribution in [2.24, 2.45) is 7.05 Å². The van der Waals surface area contributed by atoms with Gasteiger partial charge in [-0.25, -0.2) is 0 Å². The van der Waals surface area contributed by atoms with Gasteiger partial charge in [0.05, 0.1) is 18.4 Å². The number of aromatic nitrogens is 3. The van der Waals surface area contributed by atoms with E-state index in [1.54, 1.807) is 54.1 Å². The second kappa shape index (κ2) is 9.11. The van der Waals surface area contributed by atoms with Crippen LogP contribution in [0.2, 0.25) is 5.02 Å². The number of carbonyl (C=O) groups excluding carboxylic acids is 2. The Kier molecular flexibility index (Phi) is 6.56. The summed E-state index contributed by atoms with van der Waals surface area (Å²) in [6.45, 7) is 1.50. The molecule has 2 aromatic carbocycles. The molecule has 0 unspecified atom stereocenters. The van der Waals surface area contributed by atoms with Gasteiger partial charge in [0.25, 0.3) is 0 Å². The van der Waals surface area contributed by atoms with Crippen LogP contribution in [0.4, 0.5) is 5.69 Å². The number of amides is 1. The Balaban J connectivity index is 1.67. The summed E-state index contributed by atoms with van der Waals surface area (Å²) in [5.74, 6) is 1.18. The maximum absolute atomic E-state index is 12.2. The van der Waals surface area contributed by atoms with Gasteiger partial charge < -0.3 is 14.6 Å². The Labute approximate surface area is 177 Å². The predicted molar refractivity (Wildman–Crippen MR) is 114 cm³/mol. The quantitative estimate of drug-likeness (QED) is 0.449. The molecule has 0 spiro atoms. The first kappa shape index (κ1) is 20.9. The van der Waals surface area contributed by atoms with Crippen molar-refractivity contribution < 1.29 is 14.3 Å². The smallest absolute Gasteiger partial charge is 0.234 e. The Morgan fingerprint density at radius 2 is 1.90 bits per heavy atom. The summed E-state index contributed by atoms with van der Waals surface area (Å²) in [5.41, 5.74) is 1.94. The molecule has 0 saturated heterocycles. The minimum atomic E-state index is -0.185. The number of thioether (sulfide) groups is 1. The fraction of sp³-hybridized carbons (Fsp3) is 0.200. The van der Waals surface area contributed by atoms with Gasteiger partial charge >= 0.3 is 0 Å². The molecule has 9 heteroatoms. The van der Waals surface area contributed by atoms with E-state index in [1.807, 2.05) is 7.05 Å². The first-order valence-corrected chi connectivity index (χ1v) is 10.0. The number of Topliss-reactive ketones (excluding diaryl/α,β-unsaturated/α-hetero) is 1. The molecule has 150 valence electrons. The topological polar surface area (TPSA) is 86.1 Å². The number of carbonyl (C=O) groups is 2. The summed E-state index contributed by atoms with van der Waals surface area (Å²) in [6, 6.07) is 12.0. The standard InChI is InChI=1S/C20H19ClN4O3S/c1-12(26)13-4-7-15(8-5-13)22-18(27)11-29-20-24-23-19(25(20)2)16-10-14(21)6-9-17(16)28-3/h4-10H,11H2,1-3H3,(H,22,27). The first-order valence-electron chi connectivity index (χ1n) is 8.66. The molecular formula is C20H19ClN4O3S. The van der Waals surface area contributed by atoms with Gasteiger partial charge in [0.15, 0.2) is 16.8 Å². The van der Waals surface area contributed by atoms with E-state index in [-0.39, 0.29) is 17.4 Å². The van der Waals surface area contributed by atoms with Crippen LogP contribution in [0.1, 0.15) is 17.3 Å². The number of ether oxygens (including phenoxy) is 1. The summed E-state index contributed by atoms with van der Waals surface area (Å²) in [6.07, 6.45) is 0. The number of nitrogens with zero attached hydrogens (tertiary/aromatic N) is 3. The van der Waals surface area contributed by atoms with Gasteiger partial charge in [-0.1, -0.05) is 23.4 Å². The number of halogens is 1. The molecule has 3 aromatic rings. The van der Waals surface area contributed by atoms with Crippen molar-refractivity contribution in [2.75, 3.05) is 18.2 Å². The highest BCUT2D eigenvalue weighted by Crippen LogP contribution is 2.32. The molecule has 0 aliphatic heterocycles. The van der Waals surface area contributed by atoms with Crippen molar-refractivity contribution in [1.29, 1.82) is 0 Å². The highest BCUT2D eigenvalue weighted by atomic mass is 35.5. The lowest BCUT2D eigenvalue weighted by Crippen LogP contribution is -2.14. The third-order valence-electron chi connectivity index (χ3n) is 4.14. The molecule has 0 atom stereocenters. The molecule has 7 nitrogen and oxygen atoms in total. The van der Waals surface area contributed by atoms with Crippen LogP contribution in [-0.2, 0) is 11.8 Å². The molecule has 0 radical (unpaired) electrons. The number of rotatable bonds is 7. The highest BCUT2D eigenvalue weighted by Gasteiger charge is 2.17. The number of benzene rings is 2. The minimum Gasteiger partial charge on any atom is -0.496 e. The number of hydrogen-bond acceptors (Lipinski definition) is 6. The number of methoxy groups -OCH3 is 1. The Hall–Kier alpha value is -2.84. The van der Waals surface area contributed by atoms with Crippen molar-refractivity contribution in [3.05, 3.63) is 53.1 Å². The van der Waals surface area contributed by atoms with Gasteiger partial charge in [-0.05, 0) is 49.4 Å². The molecule has 29 heavy (non-hydrogen) atoms. The Morgan fingerprint density at radius 1 is 1.17 bits per heavy atom. The van der Waals surface area contributed by atoms with E-state index < -0.39 is 0 Å². The van der Waals surface area contributed by atoms with Gasteiger partial charge in [0.1, 0.15) is 5.75 Å². The third-order valence-corrected chi connectivity index (χ3v) is 5.40. The number of ketones is 1. The summed E-state index contributed by atoms with van der Waals surface area (Å²) < 4.78 is 7.16. The summed E-state index contributed by atoms with van der Waals surface area (Å²) in [5, 5.41) is 12.3. The van der Waals surface area contributed by atoms with Crippen molar-refractivity contribution in [3.63, 3.8) is 0 Å². The van der Waals surface area contributed by atoms with E-state index in [9.17, 15) is 9.59 Å². The predicted octanol–water partition coefficient (Wildman–Crippen LogP) is 4.08.